The summed E-state index contributed by atoms with van der Waals surface area (Å²) in [6, 6.07) is 4.04. The van der Waals surface area contributed by atoms with E-state index in [2.05, 4.69) is 9.88 Å². The van der Waals surface area contributed by atoms with Gasteiger partial charge >= 0.3 is 0 Å². The Bertz CT molecular complexity index is 333. The van der Waals surface area contributed by atoms with Gasteiger partial charge in [-0.15, -0.1) is 0 Å². The number of carbonyl (C=O) groups is 1. The molecule has 2 rings (SSSR count). The number of nitrogens with two attached hydrogens (primary N) is 1. The van der Waals surface area contributed by atoms with Crippen LogP contribution < -0.4 is 5.73 Å². The first kappa shape index (κ1) is 10.1. The zero-order chi connectivity index (χ0) is 10.7. The van der Waals surface area contributed by atoms with Crippen molar-refractivity contribution >= 4 is 5.91 Å². The van der Waals surface area contributed by atoms with Crippen LogP contribution in [0.1, 0.15) is 5.56 Å². The summed E-state index contributed by atoms with van der Waals surface area (Å²) in [4.78, 5) is 17.0. The first-order chi connectivity index (χ1) is 7.25. The smallest absolute Gasteiger partial charge is 0.223 e. The van der Waals surface area contributed by atoms with Crippen molar-refractivity contribution in [2.24, 2.45) is 11.7 Å². The molecule has 0 bridgehead atoms. The van der Waals surface area contributed by atoms with Gasteiger partial charge in [0, 0.05) is 32.0 Å². The number of rotatable bonds is 4. The van der Waals surface area contributed by atoms with Gasteiger partial charge in [-0.2, -0.15) is 0 Å². The zero-order valence-corrected chi connectivity index (χ0v) is 8.60. The molecule has 0 spiro atoms. The third kappa shape index (κ3) is 2.53. The molecule has 1 aliphatic rings. The molecule has 80 valence electrons. The monoisotopic (exact) mass is 205 g/mol. The van der Waals surface area contributed by atoms with Gasteiger partial charge in [-0.25, -0.2) is 0 Å². The molecule has 0 saturated carbocycles. The number of amides is 1. The van der Waals surface area contributed by atoms with Gasteiger partial charge in [0.1, 0.15) is 0 Å². The molecule has 0 atom stereocenters. The summed E-state index contributed by atoms with van der Waals surface area (Å²) in [5, 5.41) is 0. The number of nitrogens with zero attached hydrogens (tertiary/aromatic N) is 2. The summed E-state index contributed by atoms with van der Waals surface area (Å²) in [6.07, 6.45) is 4.61. The highest BCUT2D eigenvalue weighted by Gasteiger charge is 2.30. The van der Waals surface area contributed by atoms with Crippen LogP contribution in [0.2, 0.25) is 0 Å². The summed E-state index contributed by atoms with van der Waals surface area (Å²) in [5.41, 5.74) is 6.48. The molecular formula is C11H15N3O. The summed E-state index contributed by atoms with van der Waals surface area (Å²) in [6.45, 7) is 2.63. The predicted octanol–water partition coefficient (Wildman–Crippen LogP) is 0.0412. The van der Waals surface area contributed by atoms with E-state index in [1.807, 2.05) is 12.1 Å². The normalized spacial score (nSPS) is 17.3. The van der Waals surface area contributed by atoms with Crippen molar-refractivity contribution in [2.45, 2.75) is 6.42 Å². The molecule has 1 aliphatic heterocycles. The Hall–Kier alpha value is -1.42. The van der Waals surface area contributed by atoms with Crippen molar-refractivity contribution < 1.29 is 4.79 Å². The van der Waals surface area contributed by atoms with E-state index in [4.69, 9.17) is 5.73 Å². The first-order valence-electron chi connectivity index (χ1n) is 5.16. The molecule has 4 heteroatoms. The maximum absolute atomic E-state index is 10.8. The van der Waals surface area contributed by atoms with Gasteiger partial charge in [-0.1, -0.05) is 0 Å². The lowest BCUT2D eigenvalue weighted by Crippen LogP contribution is -2.52. The highest BCUT2D eigenvalue weighted by Crippen LogP contribution is 2.15. The van der Waals surface area contributed by atoms with Crippen LogP contribution in [0.25, 0.3) is 0 Å². The predicted molar refractivity (Wildman–Crippen MR) is 57.1 cm³/mol. The quantitative estimate of drug-likeness (QED) is 0.755. The molecule has 0 radical (unpaired) electrons. The fraction of sp³-hybridized carbons (Fsp3) is 0.455. The summed E-state index contributed by atoms with van der Waals surface area (Å²) < 4.78 is 0. The summed E-state index contributed by atoms with van der Waals surface area (Å²) in [7, 11) is 0. The van der Waals surface area contributed by atoms with Crippen LogP contribution in [-0.2, 0) is 11.2 Å². The molecular weight excluding hydrogens is 190 g/mol. The van der Waals surface area contributed by atoms with E-state index in [0.29, 0.717) is 0 Å². The second kappa shape index (κ2) is 4.40. The number of hydrogen-bond acceptors (Lipinski definition) is 3. The molecule has 1 saturated heterocycles. The van der Waals surface area contributed by atoms with Crippen LogP contribution in [0.5, 0.6) is 0 Å². The number of hydrogen-bond donors (Lipinski definition) is 1. The van der Waals surface area contributed by atoms with Crippen molar-refractivity contribution in [3.63, 3.8) is 0 Å². The average molecular weight is 205 g/mol. The number of primary amides is 1. The van der Waals surface area contributed by atoms with Gasteiger partial charge < -0.3 is 10.6 Å². The summed E-state index contributed by atoms with van der Waals surface area (Å²) in [5.74, 6) is -0.0994. The van der Waals surface area contributed by atoms with E-state index in [1.165, 1.54) is 5.56 Å². The van der Waals surface area contributed by atoms with Gasteiger partial charge in [0.2, 0.25) is 5.91 Å². The van der Waals surface area contributed by atoms with E-state index < -0.39 is 0 Å². The van der Waals surface area contributed by atoms with E-state index in [1.54, 1.807) is 12.4 Å². The van der Waals surface area contributed by atoms with Crippen molar-refractivity contribution in [2.75, 3.05) is 19.6 Å². The molecule has 2 N–H and O–H groups in total. The molecule has 1 amide bonds. The highest BCUT2D eigenvalue weighted by atomic mass is 16.1. The van der Waals surface area contributed by atoms with Gasteiger partial charge in [0.25, 0.3) is 0 Å². The molecule has 0 aromatic carbocycles. The number of aromatic nitrogens is 1. The lowest BCUT2D eigenvalue weighted by molar-refractivity contribution is -0.126. The van der Waals surface area contributed by atoms with Crippen LogP contribution in [0, 0.1) is 5.92 Å². The van der Waals surface area contributed by atoms with Crippen molar-refractivity contribution in [1.82, 2.24) is 9.88 Å². The molecule has 0 unspecified atom stereocenters. The number of carbonyl (C=O) groups excluding carboxylic acids is 1. The molecule has 2 heterocycles. The van der Waals surface area contributed by atoms with E-state index in [-0.39, 0.29) is 11.8 Å². The second-order valence-electron chi connectivity index (χ2n) is 3.96. The topological polar surface area (TPSA) is 59.2 Å². The average Bonchev–Trinajstić information content (AvgIpc) is 2.16. The van der Waals surface area contributed by atoms with Crippen LogP contribution >= 0.6 is 0 Å². The Labute approximate surface area is 89.1 Å². The number of likely N-dealkylation sites (tertiary alicyclic amines) is 1. The van der Waals surface area contributed by atoms with Crippen LogP contribution in [0.3, 0.4) is 0 Å². The van der Waals surface area contributed by atoms with E-state index in [9.17, 15) is 4.79 Å². The van der Waals surface area contributed by atoms with E-state index in [0.717, 1.165) is 26.1 Å². The van der Waals surface area contributed by atoms with Crippen molar-refractivity contribution in [3.05, 3.63) is 30.1 Å². The molecule has 1 aromatic rings. The summed E-state index contributed by atoms with van der Waals surface area (Å²) >= 11 is 0. The van der Waals surface area contributed by atoms with E-state index >= 15 is 0 Å². The van der Waals surface area contributed by atoms with Crippen molar-refractivity contribution in [1.29, 1.82) is 0 Å². The Morgan fingerprint density at radius 3 is 2.73 bits per heavy atom. The molecule has 4 nitrogen and oxygen atoms in total. The number of pyridine rings is 1. The fourth-order valence-electron chi connectivity index (χ4n) is 1.77. The SMILES string of the molecule is NC(=O)C1CN(CCc2ccncc2)C1. The van der Waals surface area contributed by atoms with Gasteiger partial charge in [0.15, 0.2) is 0 Å². The maximum atomic E-state index is 10.8. The Kier molecular flexibility index (Phi) is 2.97. The van der Waals surface area contributed by atoms with Crippen LogP contribution in [0.4, 0.5) is 0 Å². The Morgan fingerprint density at radius 1 is 1.47 bits per heavy atom. The molecule has 0 aliphatic carbocycles. The third-order valence-electron chi connectivity index (χ3n) is 2.83. The second-order valence-corrected chi connectivity index (χ2v) is 3.96. The largest absolute Gasteiger partial charge is 0.369 e. The minimum Gasteiger partial charge on any atom is -0.369 e. The molecule has 1 fully saturated rings. The fourth-order valence-corrected chi connectivity index (χ4v) is 1.77. The van der Waals surface area contributed by atoms with Gasteiger partial charge in [-0.05, 0) is 24.1 Å². The third-order valence-corrected chi connectivity index (χ3v) is 2.83. The minimum atomic E-state index is -0.171. The van der Waals surface area contributed by atoms with Crippen LogP contribution in [-0.4, -0.2) is 35.4 Å². The Morgan fingerprint density at radius 2 is 2.13 bits per heavy atom. The lowest BCUT2D eigenvalue weighted by Gasteiger charge is -2.37. The lowest BCUT2D eigenvalue weighted by atomic mass is 9.99. The Balaban J connectivity index is 1.71. The maximum Gasteiger partial charge on any atom is 0.223 e. The van der Waals surface area contributed by atoms with Crippen LogP contribution in [0.15, 0.2) is 24.5 Å². The standard InChI is InChI=1S/C11H15N3O/c12-11(15)10-7-14(8-10)6-3-9-1-4-13-5-2-9/h1-2,4-5,10H,3,6-8H2,(H2,12,15). The first-order valence-corrected chi connectivity index (χ1v) is 5.16. The zero-order valence-electron chi connectivity index (χ0n) is 8.60. The molecule has 1 aromatic heterocycles. The molecule has 15 heavy (non-hydrogen) atoms. The van der Waals surface area contributed by atoms with Gasteiger partial charge in [0.05, 0.1) is 5.92 Å². The minimum absolute atomic E-state index is 0.0717. The van der Waals surface area contributed by atoms with Crippen molar-refractivity contribution in [3.8, 4) is 0 Å². The highest BCUT2D eigenvalue weighted by molar-refractivity contribution is 5.78. The van der Waals surface area contributed by atoms with Gasteiger partial charge in [-0.3, -0.25) is 9.78 Å².